The molecule has 0 bridgehead atoms. The van der Waals surface area contributed by atoms with Gasteiger partial charge in [-0.05, 0) is 65.1 Å². The number of phenolic OH excluding ortho intramolecular Hbond substituents is 1. The molecular formula is C41H31N3O6. The maximum atomic E-state index is 15.2. The average molecular weight is 662 g/mol. The number of carbonyl (C=O) groups is 2. The number of hydrogen-bond acceptors (Lipinski definition) is 6. The molecule has 2 aliphatic carbocycles. The predicted molar refractivity (Wildman–Crippen MR) is 186 cm³/mol. The van der Waals surface area contributed by atoms with Gasteiger partial charge in [-0.3, -0.25) is 9.59 Å². The fraction of sp³-hybridized carbons (Fsp3) is 0.171. The highest BCUT2D eigenvalue weighted by atomic mass is 16.5. The van der Waals surface area contributed by atoms with Crippen molar-refractivity contribution in [2.24, 2.45) is 11.8 Å². The summed E-state index contributed by atoms with van der Waals surface area (Å²) < 4.78 is 10.2. The van der Waals surface area contributed by atoms with Crippen LogP contribution in [0.25, 0.3) is 11.3 Å². The maximum absolute atomic E-state index is 15.2. The minimum atomic E-state index is -1.38. The van der Waals surface area contributed by atoms with Crippen molar-refractivity contribution in [1.82, 2.24) is 13.9 Å². The normalized spacial score (nSPS) is 23.7. The third-order valence-electron chi connectivity index (χ3n) is 10.8. The number of para-hydroxylation sites is 1. The quantitative estimate of drug-likeness (QED) is 0.261. The number of ketones is 2. The number of ether oxygens (including phenoxy) is 1. The van der Waals surface area contributed by atoms with Crippen LogP contribution in [-0.2, 0) is 28.0 Å². The zero-order valence-corrected chi connectivity index (χ0v) is 26.8. The van der Waals surface area contributed by atoms with E-state index >= 15 is 9.59 Å². The lowest BCUT2D eigenvalue weighted by Crippen LogP contribution is -2.60. The molecular weight excluding hydrogens is 630 g/mol. The lowest BCUT2D eigenvalue weighted by Gasteiger charge is -2.54. The summed E-state index contributed by atoms with van der Waals surface area (Å²) in [7, 11) is 0. The minimum Gasteiger partial charge on any atom is -0.508 e. The van der Waals surface area contributed by atoms with E-state index in [2.05, 4.69) is 0 Å². The first-order valence-electron chi connectivity index (χ1n) is 16.7. The molecule has 0 amide bonds. The van der Waals surface area contributed by atoms with Gasteiger partial charge in [-0.2, -0.15) is 0 Å². The van der Waals surface area contributed by atoms with Gasteiger partial charge >= 0.3 is 11.4 Å². The number of nitrogens with zero attached hydrogens (tertiary/aromatic N) is 3. The van der Waals surface area contributed by atoms with Gasteiger partial charge in [0, 0.05) is 29.4 Å². The first-order chi connectivity index (χ1) is 24.4. The molecule has 1 aromatic heterocycles. The Bertz CT molecular complexity index is 2430. The number of carbonyl (C=O) groups excluding carboxylic acids is 2. The van der Waals surface area contributed by atoms with Crippen LogP contribution in [0.15, 0.2) is 148 Å². The molecule has 1 saturated carbocycles. The van der Waals surface area contributed by atoms with Crippen molar-refractivity contribution >= 4 is 17.1 Å². The summed E-state index contributed by atoms with van der Waals surface area (Å²) in [5.41, 5.74) is 1.97. The zero-order valence-electron chi connectivity index (χ0n) is 26.8. The molecule has 9 rings (SSSR count). The van der Waals surface area contributed by atoms with Crippen LogP contribution in [-0.4, -0.2) is 30.6 Å². The number of aromatic nitrogens is 3. The summed E-state index contributed by atoms with van der Waals surface area (Å²) in [4.78, 5) is 58.4. The van der Waals surface area contributed by atoms with Gasteiger partial charge in [-0.15, -0.1) is 0 Å². The van der Waals surface area contributed by atoms with Crippen LogP contribution in [0.5, 0.6) is 11.5 Å². The molecule has 0 saturated heterocycles. The smallest absolute Gasteiger partial charge is 0.352 e. The summed E-state index contributed by atoms with van der Waals surface area (Å²) in [6.45, 7) is 0.102. The van der Waals surface area contributed by atoms with E-state index in [0.29, 0.717) is 34.6 Å². The molecule has 5 aromatic rings. The summed E-state index contributed by atoms with van der Waals surface area (Å²) in [5.74, 6) is -1.36. The molecule has 2 aliphatic heterocycles. The molecule has 3 heterocycles. The Labute approximate surface area is 286 Å². The number of allylic oxidation sites excluding steroid dienone is 5. The van der Waals surface area contributed by atoms with E-state index in [0.717, 1.165) is 21.3 Å². The van der Waals surface area contributed by atoms with Crippen molar-refractivity contribution < 1.29 is 19.4 Å². The summed E-state index contributed by atoms with van der Waals surface area (Å²) in [6.07, 6.45) is 5.55. The second-order valence-electron chi connectivity index (χ2n) is 13.3. The first-order valence-corrected chi connectivity index (χ1v) is 16.7. The predicted octanol–water partition coefficient (Wildman–Crippen LogP) is 5.32. The fourth-order valence-corrected chi connectivity index (χ4v) is 8.75. The number of Topliss-reactive ketones (excluding diaryl/α,β-unsaturated/α-hetero) is 1. The molecule has 0 radical (unpaired) electrons. The number of phenols is 1. The van der Waals surface area contributed by atoms with Crippen molar-refractivity contribution in [2.45, 2.75) is 30.8 Å². The van der Waals surface area contributed by atoms with Crippen molar-refractivity contribution in [3.63, 3.8) is 0 Å². The topological polar surface area (TPSA) is 113 Å². The Morgan fingerprint density at radius 3 is 2.24 bits per heavy atom. The molecule has 50 heavy (non-hydrogen) atoms. The van der Waals surface area contributed by atoms with E-state index < -0.39 is 34.7 Å². The second-order valence-corrected chi connectivity index (χ2v) is 13.3. The van der Waals surface area contributed by atoms with Gasteiger partial charge in [-0.1, -0.05) is 84.9 Å². The Hall–Kier alpha value is -6.22. The highest BCUT2D eigenvalue weighted by Gasteiger charge is 2.63. The highest BCUT2D eigenvalue weighted by Crippen LogP contribution is 2.60. The van der Waals surface area contributed by atoms with Crippen molar-refractivity contribution in [3.8, 4) is 17.2 Å². The van der Waals surface area contributed by atoms with Crippen LogP contribution < -0.4 is 16.1 Å². The van der Waals surface area contributed by atoms with E-state index in [-0.39, 0.29) is 30.3 Å². The third-order valence-corrected chi connectivity index (χ3v) is 10.8. The van der Waals surface area contributed by atoms with Gasteiger partial charge < -0.3 is 9.84 Å². The minimum absolute atomic E-state index is 0.0832. The Morgan fingerprint density at radius 2 is 1.50 bits per heavy atom. The SMILES string of the molecule is O=C1C(c2ccccc2)=CC(=O)C2(c3ccccc3)C1CC1C(=CCn3c(=O)n(-c4ccccc4)c(=O)n31)C2C1=COc2ccc(O)cc2C1. The van der Waals surface area contributed by atoms with E-state index in [9.17, 15) is 14.7 Å². The van der Waals surface area contributed by atoms with Gasteiger partial charge in [-0.25, -0.2) is 23.5 Å². The third kappa shape index (κ3) is 4.19. The summed E-state index contributed by atoms with van der Waals surface area (Å²) in [6, 6.07) is 31.6. The number of benzene rings is 4. The number of rotatable bonds is 4. The van der Waals surface area contributed by atoms with Crippen molar-refractivity contribution in [2.75, 3.05) is 0 Å². The fourth-order valence-electron chi connectivity index (χ4n) is 8.75. The lowest BCUT2D eigenvalue weighted by atomic mass is 9.47. The van der Waals surface area contributed by atoms with Crippen LogP contribution in [0, 0.1) is 11.8 Å². The summed E-state index contributed by atoms with van der Waals surface area (Å²) in [5, 5.41) is 10.4. The van der Waals surface area contributed by atoms with E-state index in [4.69, 9.17) is 4.74 Å². The number of aromatic hydroxyl groups is 1. The molecule has 0 spiro atoms. The summed E-state index contributed by atoms with van der Waals surface area (Å²) >= 11 is 0. The van der Waals surface area contributed by atoms with Gasteiger partial charge in [0.2, 0.25) is 0 Å². The largest absolute Gasteiger partial charge is 0.508 e. The second kappa shape index (κ2) is 11.2. The zero-order chi connectivity index (χ0) is 34.1. The van der Waals surface area contributed by atoms with Gasteiger partial charge in [0.05, 0.1) is 30.0 Å². The molecule has 9 nitrogen and oxygen atoms in total. The molecule has 4 aromatic carbocycles. The lowest BCUT2D eigenvalue weighted by molar-refractivity contribution is -0.134. The number of hydrogen-bond donors (Lipinski definition) is 1. The van der Waals surface area contributed by atoms with Crippen LogP contribution in [0.3, 0.4) is 0 Å². The Kier molecular flexibility index (Phi) is 6.67. The van der Waals surface area contributed by atoms with Gasteiger partial charge in [0.1, 0.15) is 11.5 Å². The van der Waals surface area contributed by atoms with Crippen LogP contribution in [0.4, 0.5) is 0 Å². The molecule has 4 aliphatic rings. The van der Waals surface area contributed by atoms with E-state index in [1.807, 2.05) is 72.8 Å². The van der Waals surface area contributed by atoms with Crippen LogP contribution in [0.2, 0.25) is 0 Å². The average Bonchev–Trinajstić information content (AvgIpc) is 3.41. The van der Waals surface area contributed by atoms with E-state index in [1.54, 1.807) is 48.7 Å². The van der Waals surface area contributed by atoms with Gasteiger partial charge in [0.15, 0.2) is 11.6 Å². The van der Waals surface area contributed by atoms with Gasteiger partial charge in [0.25, 0.3) is 0 Å². The highest BCUT2D eigenvalue weighted by molar-refractivity contribution is 6.31. The van der Waals surface area contributed by atoms with Crippen LogP contribution in [0.1, 0.15) is 29.2 Å². The Morgan fingerprint density at radius 1 is 0.800 bits per heavy atom. The van der Waals surface area contributed by atoms with Crippen molar-refractivity contribution in [3.05, 3.63) is 176 Å². The monoisotopic (exact) mass is 661 g/mol. The molecule has 4 unspecified atom stereocenters. The standard InChI is InChI=1S/C41H31N3O6/c45-30-16-17-35-26(21-30)20-27(24-50-35)37-31-18-19-42-39(48)43(29-14-8-3-9-15-29)40(49)44(42)34(31)23-33-38(47)32(25-10-4-1-5-11-25)22-36(46)41(33,37)28-12-6-2-7-13-28/h1-18,21-22,24,33-34,37,45H,19-20,23H2. The number of fused-ring (bicyclic) bond motifs is 5. The molecule has 9 heteroatoms. The molecule has 1 fully saturated rings. The molecule has 4 atom stereocenters. The Balaban J connectivity index is 1.31. The molecule has 1 N–H and O–H groups in total. The first kappa shape index (κ1) is 29.9. The van der Waals surface area contributed by atoms with E-state index in [1.165, 1.54) is 15.4 Å². The van der Waals surface area contributed by atoms with Crippen LogP contribution >= 0.6 is 0 Å². The van der Waals surface area contributed by atoms with Crippen molar-refractivity contribution in [1.29, 1.82) is 0 Å². The molecule has 246 valence electrons. The maximum Gasteiger partial charge on any atom is 0.352 e.